The molecule has 4 rings (SSSR count). The molecule has 2 atom stereocenters. The molecule has 1 aromatic carbocycles. The minimum Gasteiger partial charge on any atom is -0.335 e. The maximum atomic E-state index is 13.5. The zero-order chi connectivity index (χ0) is 18.3. The molecule has 2 fully saturated rings. The highest BCUT2D eigenvalue weighted by Crippen LogP contribution is 2.39. The summed E-state index contributed by atoms with van der Waals surface area (Å²) in [6.45, 7) is 6.07. The molecular weight excluding hydrogens is 369 g/mol. The van der Waals surface area contributed by atoms with Gasteiger partial charge in [0.25, 0.3) is 0 Å². The van der Waals surface area contributed by atoms with Crippen molar-refractivity contribution in [2.75, 3.05) is 46.3 Å². The van der Waals surface area contributed by atoms with Gasteiger partial charge in [0, 0.05) is 26.2 Å². The molecule has 1 amide bonds. The number of carbonyl (C=O) groups is 1. The van der Waals surface area contributed by atoms with Crippen molar-refractivity contribution >= 4 is 29.1 Å². The van der Waals surface area contributed by atoms with Gasteiger partial charge < -0.3 is 14.7 Å². The standard InChI is InChI=1S/C20H27Cl2N3O/c1-23-8-9-25(15(12-23)13-24-6-2-3-7-24)20(26)16-5-4-14-10-18(21)19(22)11-17(14)16/h10-11,15-16H,2-9,12-13H2,1H3. The molecule has 1 aromatic rings. The molecule has 3 aliphatic rings. The van der Waals surface area contributed by atoms with E-state index in [1.165, 1.54) is 31.5 Å². The largest absolute Gasteiger partial charge is 0.335 e. The third-order valence-corrected chi connectivity index (χ3v) is 6.92. The lowest BCUT2D eigenvalue weighted by atomic mass is 9.98. The molecule has 2 heterocycles. The molecule has 0 radical (unpaired) electrons. The Morgan fingerprint density at radius 1 is 1.12 bits per heavy atom. The van der Waals surface area contributed by atoms with E-state index in [1.54, 1.807) is 0 Å². The smallest absolute Gasteiger partial charge is 0.230 e. The minimum atomic E-state index is -0.0655. The van der Waals surface area contributed by atoms with Crippen molar-refractivity contribution in [1.29, 1.82) is 0 Å². The molecule has 0 bridgehead atoms. The maximum Gasteiger partial charge on any atom is 0.230 e. The first-order valence-corrected chi connectivity index (χ1v) is 10.5. The number of likely N-dealkylation sites (tertiary alicyclic amines) is 1. The number of hydrogen-bond donors (Lipinski definition) is 0. The summed E-state index contributed by atoms with van der Waals surface area (Å²) in [7, 11) is 2.16. The highest BCUT2D eigenvalue weighted by molar-refractivity contribution is 6.42. The van der Waals surface area contributed by atoms with E-state index in [0.717, 1.165) is 44.6 Å². The van der Waals surface area contributed by atoms with Gasteiger partial charge in [0.1, 0.15) is 0 Å². The van der Waals surface area contributed by atoms with Gasteiger partial charge in [-0.2, -0.15) is 0 Å². The van der Waals surface area contributed by atoms with Crippen LogP contribution in [0.2, 0.25) is 10.0 Å². The molecule has 142 valence electrons. The molecule has 2 saturated heterocycles. The Morgan fingerprint density at radius 2 is 1.85 bits per heavy atom. The molecule has 0 saturated carbocycles. The maximum absolute atomic E-state index is 13.5. The lowest BCUT2D eigenvalue weighted by molar-refractivity contribution is -0.138. The number of rotatable bonds is 3. The van der Waals surface area contributed by atoms with Crippen LogP contribution in [-0.4, -0.2) is 73.0 Å². The van der Waals surface area contributed by atoms with Crippen molar-refractivity contribution in [3.8, 4) is 0 Å². The Hall–Kier alpha value is -0.810. The van der Waals surface area contributed by atoms with Crippen molar-refractivity contribution in [3.63, 3.8) is 0 Å². The van der Waals surface area contributed by atoms with Gasteiger partial charge in [0.2, 0.25) is 5.91 Å². The zero-order valence-corrected chi connectivity index (χ0v) is 16.9. The molecule has 26 heavy (non-hydrogen) atoms. The Labute approximate surface area is 166 Å². The van der Waals surface area contributed by atoms with E-state index in [4.69, 9.17) is 23.2 Å². The molecule has 2 aliphatic heterocycles. The van der Waals surface area contributed by atoms with Crippen molar-refractivity contribution in [1.82, 2.24) is 14.7 Å². The van der Waals surface area contributed by atoms with Crippen LogP contribution in [0.15, 0.2) is 12.1 Å². The van der Waals surface area contributed by atoms with Crippen LogP contribution in [0.5, 0.6) is 0 Å². The lowest BCUT2D eigenvalue weighted by Crippen LogP contribution is -2.58. The van der Waals surface area contributed by atoms with Gasteiger partial charge in [-0.1, -0.05) is 23.2 Å². The molecule has 4 nitrogen and oxygen atoms in total. The number of fused-ring (bicyclic) bond motifs is 1. The summed E-state index contributed by atoms with van der Waals surface area (Å²) in [6.07, 6.45) is 4.35. The van der Waals surface area contributed by atoms with Crippen LogP contribution in [0.4, 0.5) is 0 Å². The predicted octanol–water partition coefficient (Wildman–Crippen LogP) is 3.26. The fourth-order valence-electron chi connectivity index (χ4n) is 4.78. The van der Waals surface area contributed by atoms with Gasteiger partial charge >= 0.3 is 0 Å². The fourth-order valence-corrected chi connectivity index (χ4v) is 5.13. The second kappa shape index (κ2) is 7.67. The van der Waals surface area contributed by atoms with E-state index < -0.39 is 0 Å². The van der Waals surface area contributed by atoms with Gasteiger partial charge in [-0.3, -0.25) is 4.79 Å². The number of likely N-dealkylation sites (N-methyl/N-ethyl adjacent to an activating group) is 1. The summed E-state index contributed by atoms with van der Waals surface area (Å²) < 4.78 is 0. The van der Waals surface area contributed by atoms with Crippen molar-refractivity contribution < 1.29 is 4.79 Å². The average Bonchev–Trinajstić information content (AvgIpc) is 3.25. The first kappa shape index (κ1) is 18.5. The highest BCUT2D eigenvalue weighted by Gasteiger charge is 2.37. The number of amides is 1. The summed E-state index contributed by atoms with van der Waals surface area (Å²) in [5, 5.41) is 1.14. The van der Waals surface area contributed by atoms with Gasteiger partial charge in [-0.15, -0.1) is 0 Å². The molecule has 1 aliphatic carbocycles. The first-order valence-electron chi connectivity index (χ1n) is 9.72. The summed E-state index contributed by atoms with van der Waals surface area (Å²) in [4.78, 5) is 20.5. The number of carbonyl (C=O) groups excluding carboxylic acids is 1. The minimum absolute atomic E-state index is 0.0655. The van der Waals surface area contributed by atoms with E-state index in [-0.39, 0.29) is 17.9 Å². The van der Waals surface area contributed by atoms with Crippen LogP contribution in [0.1, 0.15) is 36.3 Å². The molecule has 0 N–H and O–H groups in total. The number of nitrogens with zero attached hydrogens (tertiary/aromatic N) is 3. The monoisotopic (exact) mass is 395 g/mol. The van der Waals surface area contributed by atoms with Crippen molar-refractivity contribution in [2.24, 2.45) is 0 Å². The highest BCUT2D eigenvalue weighted by atomic mass is 35.5. The van der Waals surface area contributed by atoms with Gasteiger partial charge in [0.05, 0.1) is 22.0 Å². The van der Waals surface area contributed by atoms with E-state index in [9.17, 15) is 4.79 Å². The van der Waals surface area contributed by atoms with E-state index in [1.807, 2.05) is 12.1 Å². The van der Waals surface area contributed by atoms with E-state index in [2.05, 4.69) is 21.7 Å². The van der Waals surface area contributed by atoms with Crippen LogP contribution in [0.25, 0.3) is 0 Å². The topological polar surface area (TPSA) is 26.8 Å². The van der Waals surface area contributed by atoms with Gasteiger partial charge in [0.15, 0.2) is 0 Å². The lowest BCUT2D eigenvalue weighted by Gasteiger charge is -2.42. The third kappa shape index (κ3) is 3.62. The van der Waals surface area contributed by atoms with Crippen LogP contribution in [0, 0.1) is 0 Å². The Balaban J connectivity index is 1.54. The quantitative estimate of drug-likeness (QED) is 0.785. The second-order valence-electron chi connectivity index (χ2n) is 8.01. The Kier molecular flexibility index (Phi) is 5.47. The number of aryl methyl sites for hydroxylation is 1. The summed E-state index contributed by atoms with van der Waals surface area (Å²) in [5.41, 5.74) is 2.27. The second-order valence-corrected chi connectivity index (χ2v) is 8.83. The third-order valence-electron chi connectivity index (χ3n) is 6.19. The van der Waals surface area contributed by atoms with Crippen molar-refractivity contribution in [2.45, 2.75) is 37.6 Å². The number of hydrogen-bond acceptors (Lipinski definition) is 3. The molecular formula is C20H27Cl2N3O. The predicted molar refractivity (Wildman–Crippen MR) is 106 cm³/mol. The fraction of sp³-hybridized carbons (Fsp3) is 0.650. The number of halogens is 2. The van der Waals surface area contributed by atoms with Gasteiger partial charge in [-0.05, 0) is 69.1 Å². The van der Waals surface area contributed by atoms with Crippen LogP contribution < -0.4 is 0 Å². The van der Waals surface area contributed by atoms with E-state index in [0.29, 0.717) is 10.0 Å². The summed E-state index contributed by atoms with van der Waals surface area (Å²) in [6, 6.07) is 4.14. The zero-order valence-electron chi connectivity index (χ0n) is 15.4. The Morgan fingerprint density at radius 3 is 2.62 bits per heavy atom. The van der Waals surface area contributed by atoms with Gasteiger partial charge in [-0.25, -0.2) is 0 Å². The molecule has 0 aromatic heterocycles. The summed E-state index contributed by atoms with van der Waals surface area (Å²) in [5.74, 6) is 0.212. The van der Waals surface area contributed by atoms with E-state index >= 15 is 0 Å². The first-order chi connectivity index (χ1) is 12.5. The number of benzene rings is 1. The number of piperazine rings is 1. The van der Waals surface area contributed by atoms with Crippen molar-refractivity contribution in [3.05, 3.63) is 33.3 Å². The average molecular weight is 396 g/mol. The molecule has 6 heteroatoms. The van der Waals surface area contributed by atoms with Crippen LogP contribution in [0.3, 0.4) is 0 Å². The van der Waals surface area contributed by atoms with Crippen LogP contribution >= 0.6 is 23.2 Å². The SMILES string of the molecule is CN1CCN(C(=O)C2CCc3cc(Cl)c(Cl)cc32)C(CN2CCCC2)C1. The Bertz CT molecular complexity index is 690. The molecule has 2 unspecified atom stereocenters. The summed E-state index contributed by atoms with van der Waals surface area (Å²) >= 11 is 12.4. The van der Waals surface area contributed by atoms with Crippen LogP contribution in [-0.2, 0) is 11.2 Å². The molecule has 0 spiro atoms. The normalized spacial score (nSPS) is 27.1.